The number of H-pyrrole nitrogens is 1. The van der Waals surface area contributed by atoms with Crippen molar-refractivity contribution in [3.05, 3.63) is 36.4 Å². The minimum absolute atomic E-state index is 0.0121. The molecule has 5 nitrogen and oxygen atoms in total. The first-order valence-corrected chi connectivity index (χ1v) is 5.54. The number of nitrogens with one attached hydrogen (secondary N) is 2. The van der Waals surface area contributed by atoms with E-state index in [1.54, 1.807) is 24.5 Å². The van der Waals surface area contributed by atoms with Crippen LogP contribution < -0.4 is 14.8 Å². The molecule has 0 atom stereocenters. The van der Waals surface area contributed by atoms with E-state index in [1.165, 1.54) is 13.2 Å². The SMILES string of the molecule is COc1ccc(NCc2ncc[nH]2)cc1OC(F)F. The van der Waals surface area contributed by atoms with Gasteiger partial charge in [-0.15, -0.1) is 0 Å². The number of hydrogen-bond donors (Lipinski definition) is 2. The van der Waals surface area contributed by atoms with Crippen molar-refractivity contribution < 1.29 is 18.3 Å². The van der Waals surface area contributed by atoms with Gasteiger partial charge in [-0.1, -0.05) is 0 Å². The van der Waals surface area contributed by atoms with Gasteiger partial charge in [0.2, 0.25) is 0 Å². The smallest absolute Gasteiger partial charge is 0.387 e. The van der Waals surface area contributed by atoms with E-state index >= 15 is 0 Å². The van der Waals surface area contributed by atoms with Crippen LogP contribution in [0.1, 0.15) is 5.82 Å². The van der Waals surface area contributed by atoms with Crippen LogP contribution in [0.25, 0.3) is 0 Å². The summed E-state index contributed by atoms with van der Waals surface area (Å²) in [7, 11) is 1.39. The summed E-state index contributed by atoms with van der Waals surface area (Å²) in [5.74, 6) is 0.984. The Morgan fingerprint density at radius 2 is 2.21 bits per heavy atom. The molecule has 0 aliphatic rings. The largest absolute Gasteiger partial charge is 0.493 e. The Hall–Kier alpha value is -2.31. The highest BCUT2D eigenvalue weighted by atomic mass is 19.3. The quantitative estimate of drug-likeness (QED) is 0.846. The lowest BCUT2D eigenvalue weighted by molar-refractivity contribution is -0.0511. The van der Waals surface area contributed by atoms with E-state index in [0.717, 1.165) is 5.82 Å². The lowest BCUT2D eigenvalue weighted by atomic mass is 10.2. The molecule has 0 aliphatic heterocycles. The van der Waals surface area contributed by atoms with Gasteiger partial charge in [-0.25, -0.2) is 4.98 Å². The van der Waals surface area contributed by atoms with Gasteiger partial charge in [-0.2, -0.15) is 8.78 Å². The molecular formula is C12H13F2N3O2. The van der Waals surface area contributed by atoms with Crippen LogP contribution in [0.5, 0.6) is 11.5 Å². The van der Waals surface area contributed by atoms with Crippen LogP contribution in [0.3, 0.4) is 0 Å². The summed E-state index contributed by atoms with van der Waals surface area (Å²) in [6.45, 7) is -2.44. The molecule has 19 heavy (non-hydrogen) atoms. The fourth-order valence-electron chi connectivity index (χ4n) is 1.56. The number of alkyl halides is 2. The zero-order valence-corrected chi connectivity index (χ0v) is 10.2. The highest BCUT2D eigenvalue weighted by molar-refractivity contribution is 5.54. The van der Waals surface area contributed by atoms with Gasteiger partial charge in [-0.3, -0.25) is 0 Å². The van der Waals surface area contributed by atoms with E-state index in [-0.39, 0.29) is 11.5 Å². The molecule has 0 radical (unpaired) electrons. The van der Waals surface area contributed by atoms with E-state index in [4.69, 9.17) is 4.74 Å². The van der Waals surface area contributed by atoms with Gasteiger partial charge in [0, 0.05) is 24.1 Å². The van der Waals surface area contributed by atoms with Gasteiger partial charge < -0.3 is 19.8 Å². The van der Waals surface area contributed by atoms with Crippen LogP contribution in [-0.4, -0.2) is 23.7 Å². The minimum Gasteiger partial charge on any atom is -0.493 e. The molecule has 0 fully saturated rings. The molecule has 7 heteroatoms. The number of ether oxygens (including phenoxy) is 2. The Labute approximate surface area is 108 Å². The van der Waals surface area contributed by atoms with E-state index in [2.05, 4.69) is 20.0 Å². The summed E-state index contributed by atoms with van der Waals surface area (Å²) in [5, 5.41) is 3.04. The topological polar surface area (TPSA) is 59.2 Å². The molecule has 2 aromatic rings. The second-order valence-electron chi connectivity index (χ2n) is 3.63. The van der Waals surface area contributed by atoms with E-state index in [0.29, 0.717) is 12.2 Å². The molecule has 1 aromatic heterocycles. The summed E-state index contributed by atoms with van der Waals surface area (Å²) in [5.41, 5.74) is 0.632. The number of rotatable bonds is 6. The summed E-state index contributed by atoms with van der Waals surface area (Å²) in [6.07, 6.45) is 3.34. The van der Waals surface area contributed by atoms with Gasteiger partial charge >= 0.3 is 6.61 Å². The van der Waals surface area contributed by atoms with Crippen molar-refractivity contribution >= 4 is 5.69 Å². The minimum atomic E-state index is -2.89. The number of methoxy groups -OCH3 is 1. The first-order valence-electron chi connectivity index (χ1n) is 5.54. The number of imidazole rings is 1. The summed E-state index contributed by atoms with van der Waals surface area (Å²) in [6, 6.07) is 4.72. The summed E-state index contributed by atoms with van der Waals surface area (Å²) in [4.78, 5) is 6.97. The van der Waals surface area contributed by atoms with Crippen LogP contribution in [-0.2, 0) is 6.54 Å². The van der Waals surface area contributed by atoms with E-state index < -0.39 is 6.61 Å². The molecule has 0 amide bonds. The van der Waals surface area contributed by atoms with Crippen LogP contribution in [0.2, 0.25) is 0 Å². The predicted molar refractivity (Wildman–Crippen MR) is 65.5 cm³/mol. The molecule has 102 valence electrons. The third kappa shape index (κ3) is 3.57. The van der Waals surface area contributed by atoms with Crippen molar-refractivity contribution in [2.24, 2.45) is 0 Å². The van der Waals surface area contributed by atoms with E-state index in [1.807, 2.05) is 0 Å². The standard InChI is InChI=1S/C12H13F2N3O2/c1-18-9-3-2-8(6-10(9)19-12(13)14)17-7-11-15-4-5-16-11/h2-6,12,17H,7H2,1H3,(H,15,16). The number of halogens is 2. The fourth-order valence-corrected chi connectivity index (χ4v) is 1.56. The average molecular weight is 269 g/mol. The Bertz CT molecular complexity index is 518. The molecule has 2 N–H and O–H groups in total. The fraction of sp³-hybridized carbons (Fsp3) is 0.250. The van der Waals surface area contributed by atoms with Crippen molar-refractivity contribution in [3.63, 3.8) is 0 Å². The molecule has 0 aliphatic carbocycles. The van der Waals surface area contributed by atoms with E-state index in [9.17, 15) is 8.78 Å². The van der Waals surface area contributed by atoms with Gasteiger partial charge in [0.1, 0.15) is 5.82 Å². The molecular weight excluding hydrogens is 256 g/mol. The molecule has 1 heterocycles. The second kappa shape index (κ2) is 6.03. The third-order valence-electron chi connectivity index (χ3n) is 2.39. The second-order valence-corrected chi connectivity index (χ2v) is 3.63. The maximum atomic E-state index is 12.3. The highest BCUT2D eigenvalue weighted by Crippen LogP contribution is 2.31. The zero-order valence-electron chi connectivity index (χ0n) is 10.2. The van der Waals surface area contributed by atoms with Crippen LogP contribution in [0.4, 0.5) is 14.5 Å². The molecule has 0 spiro atoms. The molecule has 2 rings (SSSR count). The Balaban J connectivity index is 2.08. The molecule has 1 aromatic carbocycles. The highest BCUT2D eigenvalue weighted by Gasteiger charge is 2.11. The van der Waals surface area contributed by atoms with Crippen molar-refractivity contribution in [1.82, 2.24) is 9.97 Å². The summed E-state index contributed by atoms with van der Waals surface area (Å²) >= 11 is 0. The van der Waals surface area contributed by atoms with Crippen molar-refractivity contribution in [2.75, 3.05) is 12.4 Å². The maximum absolute atomic E-state index is 12.3. The predicted octanol–water partition coefficient (Wildman–Crippen LogP) is 2.63. The van der Waals surface area contributed by atoms with Crippen molar-refractivity contribution in [3.8, 4) is 11.5 Å². The Kier molecular flexibility index (Phi) is 4.17. The first-order chi connectivity index (χ1) is 9.19. The zero-order chi connectivity index (χ0) is 13.7. The molecule has 0 bridgehead atoms. The third-order valence-corrected chi connectivity index (χ3v) is 2.39. The molecule has 0 unspecified atom stereocenters. The van der Waals surface area contributed by atoms with Gasteiger partial charge in [0.15, 0.2) is 11.5 Å². The normalized spacial score (nSPS) is 10.5. The lowest BCUT2D eigenvalue weighted by Crippen LogP contribution is -2.05. The Morgan fingerprint density at radius 1 is 1.37 bits per heavy atom. The monoisotopic (exact) mass is 269 g/mol. The number of benzene rings is 1. The summed E-state index contributed by atoms with van der Waals surface area (Å²) < 4.78 is 33.9. The average Bonchev–Trinajstić information content (AvgIpc) is 2.89. The van der Waals surface area contributed by atoms with Gasteiger partial charge in [0.25, 0.3) is 0 Å². The van der Waals surface area contributed by atoms with Gasteiger partial charge in [0.05, 0.1) is 13.7 Å². The van der Waals surface area contributed by atoms with Crippen molar-refractivity contribution in [2.45, 2.75) is 13.2 Å². The maximum Gasteiger partial charge on any atom is 0.387 e. The number of aromatic amines is 1. The van der Waals surface area contributed by atoms with Gasteiger partial charge in [-0.05, 0) is 12.1 Å². The van der Waals surface area contributed by atoms with Crippen LogP contribution in [0.15, 0.2) is 30.6 Å². The number of hydrogen-bond acceptors (Lipinski definition) is 4. The number of anilines is 1. The molecule has 0 saturated carbocycles. The molecule has 0 saturated heterocycles. The first kappa shape index (κ1) is 13.1. The van der Waals surface area contributed by atoms with Crippen LogP contribution in [0, 0.1) is 0 Å². The van der Waals surface area contributed by atoms with Crippen LogP contribution >= 0.6 is 0 Å². The lowest BCUT2D eigenvalue weighted by Gasteiger charge is -2.12. The van der Waals surface area contributed by atoms with Crippen molar-refractivity contribution in [1.29, 1.82) is 0 Å². The number of aromatic nitrogens is 2. The number of nitrogens with zero attached hydrogens (tertiary/aromatic N) is 1. The Morgan fingerprint density at radius 3 is 2.84 bits per heavy atom.